The Morgan fingerprint density at radius 2 is 1.07 bits per heavy atom. The topological polar surface area (TPSA) is 32.2 Å². The van der Waals surface area contributed by atoms with Crippen molar-refractivity contribution in [3.63, 3.8) is 0 Å². The van der Waals surface area contributed by atoms with Gasteiger partial charge in [-0.15, -0.1) is 0 Å². The minimum absolute atomic E-state index is 0.908. The number of aromatic nitrogens is 1. The average Bonchev–Trinajstić information content (AvgIpc) is 3.64. The molecule has 7 aromatic carbocycles. The summed E-state index contributed by atoms with van der Waals surface area (Å²) in [5.41, 5.74) is 9.67. The summed E-state index contributed by atoms with van der Waals surface area (Å²) in [7, 11) is 0. The minimum atomic E-state index is 0.908. The highest BCUT2D eigenvalue weighted by atomic mass is 16.3. The number of furan rings is 1. The molecule has 3 nitrogen and oxygen atoms in total. The molecule has 0 aliphatic heterocycles. The standard InChI is InChI=1S/C40H26N2O/c1-4-12-26(13-5-1)34-25-37-38(31-19-11-10-18-30(31)34)33-22-23-35-39(40(33)43-37)32-21-20-29(24-36(32)41-35)42(27-14-6-2-7-15-27)28-16-8-3-9-17-28/h1-25,41H. The predicted molar refractivity (Wildman–Crippen MR) is 181 cm³/mol. The molecule has 0 fully saturated rings. The second-order valence-electron chi connectivity index (χ2n) is 11.0. The number of hydrogen-bond donors (Lipinski definition) is 1. The molecule has 43 heavy (non-hydrogen) atoms. The number of rotatable bonds is 4. The molecule has 9 rings (SSSR count). The monoisotopic (exact) mass is 550 g/mol. The highest BCUT2D eigenvalue weighted by Gasteiger charge is 2.19. The van der Waals surface area contributed by atoms with Crippen molar-refractivity contribution >= 4 is 71.6 Å². The van der Waals surface area contributed by atoms with Gasteiger partial charge in [-0.05, 0) is 82.6 Å². The fourth-order valence-electron chi connectivity index (χ4n) is 6.67. The number of aromatic amines is 1. The number of fused-ring (bicyclic) bond motifs is 9. The van der Waals surface area contributed by atoms with Crippen LogP contribution in [0.25, 0.3) is 65.6 Å². The molecule has 1 N–H and O–H groups in total. The molecule has 2 aromatic heterocycles. The Bertz CT molecular complexity index is 2400. The molecule has 0 amide bonds. The van der Waals surface area contributed by atoms with Crippen LogP contribution in [0.5, 0.6) is 0 Å². The molecule has 0 bridgehead atoms. The lowest BCUT2D eigenvalue weighted by atomic mass is 9.95. The average molecular weight is 551 g/mol. The van der Waals surface area contributed by atoms with E-state index in [-0.39, 0.29) is 0 Å². The summed E-state index contributed by atoms with van der Waals surface area (Å²) >= 11 is 0. The normalized spacial score (nSPS) is 11.7. The van der Waals surface area contributed by atoms with Crippen molar-refractivity contribution in [2.75, 3.05) is 4.90 Å². The first-order valence-corrected chi connectivity index (χ1v) is 14.6. The molecule has 0 radical (unpaired) electrons. The summed E-state index contributed by atoms with van der Waals surface area (Å²) in [4.78, 5) is 5.99. The smallest absolute Gasteiger partial charge is 0.145 e. The van der Waals surface area contributed by atoms with Crippen molar-refractivity contribution in [2.24, 2.45) is 0 Å². The zero-order valence-electron chi connectivity index (χ0n) is 23.3. The summed E-state index contributed by atoms with van der Waals surface area (Å²) in [6, 6.07) is 53.5. The molecule has 0 aliphatic carbocycles. The number of para-hydroxylation sites is 2. The number of nitrogens with zero attached hydrogens (tertiary/aromatic N) is 1. The molecule has 9 aromatic rings. The Kier molecular flexibility index (Phi) is 5.20. The lowest BCUT2D eigenvalue weighted by Crippen LogP contribution is -2.09. The first-order chi connectivity index (χ1) is 21.3. The fourth-order valence-corrected chi connectivity index (χ4v) is 6.67. The van der Waals surface area contributed by atoms with Crippen LogP contribution in [-0.4, -0.2) is 4.98 Å². The van der Waals surface area contributed by atoms with Gasteiger partial charge in [0.15, 0.2) is 0 Å². The van der Waals surface area contributed by atoms with Gasteiger partial charge in [0, 0.05) is 38.7 Å². The van der Waals surface area contributed by atoms with Crippen LogP contribution < -0.4 is 4.90 Å². The van der Waals surface area contributed by atoms with Crippen LogP contribution in [0.3, 0.4) is 0 Å². The lowest BCUT2D eigenvalue weighted by Gasteiger charge is -2.25. The Balaban J connectivity index is 1.29. The van der Waals surface area contributed by atoms with Crippen LogP contribution in [0.4, 0.5) is 17.1 Å². The third kappa shape index (κ3) is 3.68. The van der Waals surface area contributed by atoms with Gasteiger partial charge in [0.25, 0.3) is 0 Å². The maximum Gasteiger partial charge on any atom is 0.145 e. The van der Waals surface area contributed by atoms with Crippen molar-refractivity contribution in [3.8, 4) is 11.1 Å². The Hall–Kier alpha value is -5.80. The third-order valence-electron chi connectivity index (χ3n) is 8.56. The SMILES string of the molecule is c1ccc(-c2cc3oc4c(ccc5[nH]c6cc(N(c7ccccc7)c7ccccc7)ccc6c54)c3c3ccccc23)cc1. The Morgan fingerprint density at radius 3 is 1.79 bits per heavy atom. The fraction of sp³-hybridized carbons (Fsp3) is 0. The van der Waals surface area contributed by atoms with Crippen LogP contribution in [0, 0.1) is 0 Å². The highest BCUT2D eigenvalue weighted by Crippen LogP contribution is 2.44. The molecule has 0 spiro atoms. The van der Waals surface area contributed by atoms with Crippen molar-refractivity contribution in [1.82, 2.24) is 4.98 Å². The van der Waals surface area contributed by atoms with Crippen LogP contribution in [0.1, 0.15) is 0 Å². The van der Waals surface area contributed by atoms with Crippen LogP contribution >= 0.6 is 0 Å². The zero-order chi connectivity index (χ0) is 28.3. The number of H-pyrrole nitrogens is 1. The second-order valence-corrected chi connectivity index (χ2v) is 11.0. The maximum absolute atomic E-state index is 6.79. The molecular formula is C40H26N2O. The van der Waals surface area contributed by atoms with E-state index in [1.54, 1.807) is 0 Å². The largest absolute Gasteiger partial charge is 0.455 e. The minimum Gasteiger partial charge on any atom is -0.455 e. The molecule has 2 heterocycles. The number of anilines is 3. The van der Waals surface area contributed by atoms with Gasteiger partial charge in [0.1, 0.15) is 11.2 Å². The Morgan fingerprint density at radius 1 is 0.442 bits per heavy atom. The lowest BCUT2D eigenvalue weighted by molar-refractivity contribution is 0.673. The van der Waals surface area contributed by atoms with Gasteiger partial charge in [0.2, 0.25) is 0 Å². The first kappa shape index (κ1) is 23.9. The van der Waals surface area contributed by atoms with Crippen molar-refractivity contribution in [2.45, 2.75) is 0 Å². The molecule has 0 atom stereocenters. The molecule has 202 valence electrons. The van der Waals surface area contributed by atoms with Crippen molar-refractivity contribution in [1.29, 1.82) is 0 Å². The second kappa shape index (κ2) is 9.37. The summed E-state index contributed by atoms with van der Waals surface area (Å²) in [5.74, 6) is 0. The van der Waals surface area contributed by atoms with E-state index in [4.69, 9.17) is 4.42 Å². The van der Waals surface area contributed by atoms with Gasteiger partial charge in [-0.3, -0.25) is 0 Å². The first-order valence-electron chi connectivity index (χ1n) is 14.6. The molecule has 0 saturated heterocycles. The van der Waals surface area contributed by atoms with E-state index >= 15 is 0 Å². The van der Waals surface area contributed by atoms with E-state index in [1.165, 1.54) is 21.9 Å². The highest BCUT2D eigenvalue weighted by molar-refractivity contribution is 6.28. The summed E-state index contributed by atoms with van der Waals surface area (Å²) in [5, 5.41) is 7.01. The van der Waals surface area contributed by atoms with E-state index in [0.717, 1.165) is 60.8 Å². The quantitative estimate of drug-likeness (QED) is 0.236. The maximum atomic E-state index is 6.79. The molecular weight excluding hydrogens is 524 g/mol. The van der Waals surface area contributed by atoms with Crippen LogP contribution in [0.15, 0.2) is 156 Å². The number of nitrogens with one attached hydrogen (secondary N) is 1. The van der Waals surface area contributed by atoms with Gasteiger partial charge in [-0.2, -0.15) is 0 Å². The summed E-state index contributed by atoms with van der Waals surface area (Å²) in [6.45, 7) is 0. The molecule has 0 unspecified atom stereocenters. The van der Waals surface area contributed by atoms with Gasteiger partial charge in [-0.1, -0.05) is 91.0 Å². The van der Waals surface area contributed by atoms with E-state index in [0.29, 0.717) is 0 Å². The van der Waals surface area contributed by atoms with Crippen molar-refractivity contribution in [3.05, 3.63) is 152 Å². The molecule has 3 heteroatoms. The van der Waals surface area contributed by atoms with E-state index < -0.39 is 0 Å². The van der Waals surface area contributed by atoms with Crippen LogP contribution in [0.2, 0.25) is 0 Å². The predicted octanol–water partition coefficient (Wildman–Crippen LogP) is 11.5. The van der Waals surface area contributed by atoms with E-state index in [9.17, 15) is 0 Å². The van der Waals surface area contributed by atoms with Gasteiger partial charge < -0.3 is 14.3 Å². The van der Waals surface area contributed by atoms with Crippen LogP contribution in [-0.2, 0) is 0 Å². The summed E-state index contributed by atoms with van der Waals surface area (Å²) < 4.78 is 6.79. The van der Waals surface area contributed by atoms with Crippen molar-refractivity contribution < 1.29 is 4.42 Å². The molecule has 0 aliphatic rings. The Labute approximate surface area is 248 Å². The van der Waals surface area contributed by atoms with E-state index in [2.05, 4.69) is 162 Å². The number of benzene rings is 7. The van der Waals surface area contributed by atoms with E-state index in [1.807, 2.05) is 0 Å². The summed E-state index contributed by atoms with van der Waals surface area (Å²) in [6.07, 6.45) is 0. The zero-order valence-corrected chi connectivity index (χ0v) is 23.3. The van der Waals surface area contributed by atoms with Gasteiger partial charge in [-0.25, -0.2) is 0 Å². The third-order valence-corrected chi connectivity index (χ3v) is 8.56. The van der Waals surface area contributed by atoms with Gasteiger partial charge in [0.05, 0.1) is 10.9 Å². The van der Waals surface area contributed by atoms with Gasteiger partial charge >= 0.3 is 0 Å². The molecule has 0 saturated carbocycles. The number of hydrogen-bond acceptors (Lipinski definition) is 2.